The van der Waals surface area contributed by atoms with Crippen molar-refractivity contribution in [2.24, 2.45) is 0 Å². The molecule has 0 aromatic carbocycles. The fourth-order valence-corrected chi connectivity index (χ4v) is 2.96. The summed E-state index contributed by atoms with van der Waals surface area (Å²) in [6, 6.07) is -1.19. The van der Waals surface area contributed by atoms with Gasteiger partial charge in [-0.1, -0.05) is 0 Å². The molecule has 1 aromatic heterocycles. The van der Waals surface area contributed by atoms with Gasteiger partial charge in [0.05, 0.1) is 0 Å². The van der Waals surface area contributed by atoms with E-state index in [4.69, 9.17) is 4.74 Å². The number of hydrogen-bond acceptors (Lipinski definition) is 2. The zero-order valence-corrected chi connectivity index (χ0v) is 10.7. The van der Waals surface area contributed by atoms with E-state index in [1.165, 1.54) is 5.56 Å². The molecule has 104 valence electrons. The monoisotopic (exact) mass is 270 g/mol. The smallest absolute Gasteiger partial charge is 0.416 e. The zero-order chi connectivity index (χ0) is 13.6. The van der Waals surface area contributed by atoms with E-state index in [1.54, 1.807) is 0 Å². The molecule has 1 aliphatic carbocycles. The second-order valence-corrected chi connectivity index (χ2v) is 5.11. The maximum Gasteiger partial charge on any atom is 0.416 e. The number of anilines is 1. The van der Waals surface area contributed by atoms with Gasteiger partial charge in [0.1, 0.15) is 18.5 Å². The maximum atomic E-state index is 13.0. The fourth-order valence-electron chi connectivity index (χ4n) is 2.96. The Hall–Kier alpha value is -1.59. The number of aromatic nitrogens is 1. The Labute approximate surface area is 109 Å². The first-order valence-electron chi connectivity index (χ1n) is 6.54. The Morgan fingerprint density at radius 3 is 2.79 bits per heavy atom. The number of rotatable bonds is 2. The standard InChI is InChI=1S/C13H16F2N2O2/c1-7-8-4-2-3-5-9(8)16-12(7)17-10(11(14)15)6-19-13(17)18/h10-11,16H,2-6H2,1H3/t10-/m0/s1. The largest absolute Gasteiger partial charge is 0.447 e. The zero-order valence-electron chi connectivity index (χ0n) is 10.7. The van der Waals surface area contributed by atoms with Crippen LogP contribution >= 0.6 is 0 Å². The minimum atomic E-state index is -2.61. The summed E-state index contributed by atoms with van der Waals surface area (Å²) in [6.45, 7) is 1.63. The van der Waals surface area contributed by atoms with Gasteiger partial charge in [0.2, 0.25) is 0 Å². The molecule has 1 N–H and O–H groups in total. The Morgan fingerprint density at radius 1 is 1.37 bits per heavy atom. The molecular formula is C13H16F2N2O2. The molecule has 2 aliphatic rings. The molecule has 0 bridgehead atoms. The number of aryl methyl sites for hydroxylation is 1. The number of amides is 1. The van der Waals surface area contributed by atoms with Gasteiger partial charge in [-0.05, 0) is 43.7 Å². The van der Waals surface area contributed by atoms with Crippen molar-refractivity contribution in [2.45, 2.75) is 45.1 Å². The van der Waals surface area contributed by atoms with Crippen LogP contribution in [0.15, 0.2) is 0 Å². The summed E-state index contributed by atoms with van der Waals surface area (Å²) in [5, 5.41) is 0. The van der Waals surface area contributed by atoms with E-state index < -0.39 is 18.6 Å². The Morgan fingerprint density at radius 2 is 2.11 bits per heavy atom. The van der Waals surface area contributed by atoms with Crippen LogP contribution < -0.4 is 4.90 Å². The number of alkyl halides is 2. The lowest BCUT2D eigenvalue weighted by Crippen LogP contribution is -2.39. The highest BCUT2D eigenvalue weighted by Gasteiger charge is 2.42. The van der Waals surface area contributed by atoms with Crippen molar-refractivity contribution in [3.05, 3.63) is 16.8 Å². The van der Waals surface area contributed by atoms with Gasteiger partial charge in [-0.2, -0.15) is 0 Å². The molecule has 2 heterocycles. The molecule has 3 rings (SSSR count). The molecule has 19 heavy (non-hydrogen) atoms. The average molecular weight is 270 g/mol. The van der Waals surface area contributed by atoms with E-state index in [2.05, 4.69) is 4.98 Å². The summed E-state index contributed by atoms with van der Waals surface area (Å²) >= 11 is 0. The van der Waals surface area contributed by atoms with Crippen LogP contribution in [0.25, 0.3) is 0 Å². The van der Waals surface area contributed by atoms with Crippen molar-refractivity contribution in [1.29, 1.82) is 0 Å². The van der Waals surface area contributed by atoms with Gasteiger partial charge in [-0.25, -0.2) is 13.6 Å². The van der Waals surface area contributed by atoms with Crippen LogP contribution in [0.4, 0.5) is 19.4 Å². The van der Waals surface area contributed by atoms with Crippen molar-refractivity contribution in [2.75, 3.05) is 11.5 Å². The maximum absolute atomic E-state index is 13.0. The Kier molecular flexibility index (Phi) is 2.95. The predicted octanol–water partition coefficient (Wildman–Crippen LogP) is 2.79. The van der Waals surface area contributed by atoms with Crippen LogP contribution in [0, 0.1) is 6.92 Å². The van der Waals surface area contributed by atoms with E-state index in [9.17, 15) is 13.6 Å². The number of ether oxygens (including phenoxy) is 1. The second-order valence-electron chi connectivity index (χ2n) is 5.11. The minimum absolute atomic E-state index is 0.250. The third-order valence-corrected chi connectivity index (χ3v) is 3.98. The number of cyclic esters (lactones) is 1. The number of carbonyl (C=O) groups is 1. The van der Waals surface area contributed by atoms with Crippen molar-refractivity contribution in [3.8, 4) is 0 Å². The molecule has 0 spiro atoms. The molecule has 0 saturated carbocycles. The molecule has 1 amide bonds. The summed E-state index contributed by atoms with van der Waals surface area (Å²) in [4.78, 5) is 15.9. The molecule has 1 saturated heterocycles. The molecule has 1 aliphatic heterocycles. The Balaban J connectivity index is 2.01. The summed E-state index contributed by atoms with van der Waals surface area (Å²) in [7, 11) is 0. The van der Waals surface area contributed by atoms with E-state index in [-0.39, 0.29) is 6.61 Å². The highest BCUT2D eigenvalue weighted by molar-refractivity contribution is 5.90. The van der Waals surface area contributed by atoms with E-state index in [0.717, 1.165) is 41.8 Å². The van der Waals surface area contributed by atoms with Gasteiger partial charge < -0.3 is 9.72 Å². The highest BCUT2D eigenvalue weighted by atomic mass is 19.3. The number of hydrogen-bond donors (Lipinski definition) is 1. The first-order valence-corrected chi connectivity index (χ1v) is 6.54. The van der Waals surface area contributed by atoms with Gasteiger partial charge in [0.15, 0.2) is 0 Å². The van der Waals surface area contributed by atoms with Crippen LogP contribution in [0.5, 0.6) is 0 Å². The number of carbonyl (C=O) groups excluding carboxylic acids is 1. The lowest BCUT2D eigenvalue weighted by atomic mass is 9.95. The van der Waals surface area contributed by atoms with Gasteiger partial charge in [-0.3, -0.25) is 4.90 Å². The molecule has 4 nitrogen and oxygen atoms in total. The molecule has 0 unspecified atom stereocenters. The van der Waals surface area contributed by atoms with Crippen LogP contribution in [0.2, 0.25) is 0 Å². The number of halogens is 2. The third kappa shape index (κ3) is 1.89. The molecule has 6 heteroatoms. The van der Waals surface area contributed by atoms with Gasteiger partial charge in [0, 0.05) is 5.69 Å². The number of fused-ring (bicyclic) bond motifs is 1. The molecule has 1 atom stereocenters. The number of H-pyrrole nitrogens is 1. The number of nitrogens with one attached hydrogen (secondary N) is 1. The molecular weight excluding hydrogens is 254 g/mol. The van der Waals surface area contributed by atoms with Crippen molar-refractivity contribution in [1.82, 2.24) is 4.98 Å². The number of aromatic amines is 1. The minimum Gasteiger partial charge on any atom is -0.447 e. The first kappa shape index (κ1) is 12.4. The fraction of sp³-hybridized carbons (Fsp3) is 0.615. The van der Waals surface area contributed by atoms with Crippen LogP contribution in [0.3, 0.4) is 0 Å². The first-order chi connectivity index (χ1) is 9.09. The van der Waals surface area contributed by atoms with Crippen molar-refractivity contribution >= 4 is 11.9 Å². The molecule has 1 fully saturated rings. The predicted molar refractivity (Wildman–Crippen MR) is 65.8 cm³/mol. The molecule has 1 aromatic rings. The normalized spacial score (nSPS) is 22.8. The topological polar surface area (TPSA) is 45.3 Å². The van der Waals surface area contributed by atoms with E-state index in [0.29, 0.717) is 5.82 Å². The lowest BCUT2D eigenvalue weighted by Gasteiger charge is -2.20. The lowest BCUT2D eigenvalue weighted by molar-refractivity contribution is 0.104. The summed E-state index contributed by atoms with van der Waals surface area (Å²) in [6.07, 6.45) is 0.763. The van der Waals surface area contributed by atoms with E-state index in [1.807, 2.05) is 6.92 Å². The third-order valence-electron chi connectivity index (χ3n) is 3.98. The SMILES string of the molecule is Cc1c(N2C(=O)OC[C@H]2C(F)F)[nH]c2c1CCCC2. The van der Waals surface area contributed by atoms with Crippen molar-refractivity contribution in [3.63, 3.8) is 0 Å². The highest BCUT2D eigenvalue weighted by Crippen LogP contribution is 2.34. The quantitative estimate of drug-likeness (QED) is 0.898. The Bertz CT molecular complexity index is 513. The van der Waals surface area contributed by atoms with Crippen molar-refractivity contribution < 1.29 is 18.3 Å². The van der Waals surface area contributed by atoms with Crippen LogP contribution in [-0.2, 0) is 17.6 Å². The van der Waals surface area contributed by atoms with Gasteiger partial charge in [0.25, 0.3) is 6.43 Å². The molecule has 0 radical (unpaired) electrons. The van der Waals surface area contributed by atoms with Crippen LogP contribution in [-0.4, -0.2) is 30.2 Å². The van der Waals surface area contributed by atoms with Gasteiger partial charge in [-0.15, -0.1) is 0 Å². The second kappa shape index (κ2) is 4.51. The average Bonchev–Trinajstić information content (AvgIpc) is 2.91. The summed E-state index contributed by atoms with van der Waals surface area (Å²) in [5.41, 5.74) is 3.15. The van der Waals surface area contributed by atoms with Gasteiger partial charge >= 0.3 is 6.09 Å². The van der Waals surface area contributed by atoms with E-state index >= 15 is 0 Å². The summed E-state index contributed by atoms with van der Waals surface area (Å²) < 4.78 is 30.7. The van der Waals surface area contributed by atoms with Crippen LogP contribution in [0.1, 0.15) is 29.7 Å². The number of nitrogens with zero attached hydrogens (tertiary/aromatic N) is 1. The summed E-state index contributed by atoms with van der Waals surface area (Å²) in [5.74, 6) is 0.486.